The number of ether oxygens (including phenoxy) is 7. The third-order valence-corrected chi connectivity index (χ3v) is 16.3. The summed E-state index contributed by atoms with van der Waals surface area (Å²) in [7, 11) is 0. The molecule has 85 heavy (non-hydrogen) atoms. The molecule has 8 aromatic rings. The molecular weight excluding hydrogens is 1060 g/mol. The van der Waals surface area contributed by atoms with Gasteiger partial charge in [-0.2, -0.15) is 0 Å². The van der Waals surface area contributed by atoms with Crippen molar-refractivity contribution >= 4 is 23.1 Å². The zero-order valence-corrected chi connectivity index (χ0v) is 47.0. The molecule has 12 rings (SSSR count). The van der Waals surface area contributed by atoms with Crippen LogP contribution in [-0.2, 0) is 59.1 Å². The van der Waals surface area contributed by atoms with Crippen molar-refractivity contribution in [2.45, 2.75) is 62.7 Å². The molecule has 420 valence electrons. The monoisotopic (exact) mass is 1120 g/mol. The zero-order chi connectivity index (χ0) is 59.4. The number of carbonyl (C=O) groups excluding carboxylic acids is 4. The molecule has 11 heteroatoms. The van der Waals surface area contributed by atoms with Crippen molar-refractivity contribution in [3.05, 3.63) is 290 Å². The highest BCUT2D eigenvalue weighted by atomic mass is 16.9. The van der Waals surface area contributed by atoms with Gasteiger partial charge in [0.15, 0.2) is 0 Å². The normalized spacial score (nSPS) is 15.2. The van der Waals surface area contributed by atoms with Gasteiger partial charge >= 0.3 is 23.1 Å². The maximum Gasteiger partial charge on any atom is 0.392 e. The topological polar surface area (TPSA) is 133 Å². The Morgan fingerprint density at radius 3 is 0.847 bits per heavy atom. The van der Waals surface area contributed by atoms with Crippen molar-refractivity contribution in [2.75, 3.05) is 0 Å². The van der Waals surface area contributed by atoms with E-state index < -0.39 is 46.3 Å². The number of Topliss-reactive ketones (excluding diaryl/α,β-unsaturated/α-hetero) is 2. The molecule has 4 aliphatic rings. The van der Waals surface area contributed by atoms with E-state index in [0.29, 0.717) is 46.2 Å². The fourth-order valence-electron chi connectivity index (χ4n) is 12.5. The van der Waals surface area contributed by atoms with Gasteiger partial charge in [0.1, 0.15) is 23.0 Å². The Morgan fingerprint density at radius 2 is 0.600 bits per heavy atom. The lowest BCUT2D eigenvalue weighted by atomic mass is 9.87. The molecular formula is C74H58O11. The number of ketones is 4. The van der Waals surface area contributed by atoms with Crippen molar-refractivity contribution < 1.29 is 52.3 Å². The zero-order valence-electron chi connectivity index (χ0n) is 47.0. The van der Waals surface area contributed by atoms with E-state index in [1.807, 2.05) is 121 Å². The predicted molar refractivity (Wildman–Crippen MR) is 326 cm³/mol. The van der Waals surface area contributed by atoms with E-state index in [2.05, 4.69) is 39.5 Å². The summed E-state index contributed by atoms with van der Waals surface area (Å²) in [5.41, 5.74) is 11.9. The van der Waals surface area contributed by atoms with Gasteiger partial charge < -0.3 is 28.4 Å². The van der Waals surface area contributed by atoms with Gasteiger partial charge in [0, 0.05) is 47.9 Å². The molecule has 0 bridgehead atoms. The minimum atomic E-state index is -3.61. The lowest BCUT2D eigenvalue weighted by Gasteiger charge is -2.51. The summed E-state index contributed by atoms with van der Waals surface area (Å²) in [6.45, 7) is 26.9. The summed E-state index contributed by atoms with van der Waals surface area (Å²) < 4.78 is 50.5. The van der Waals surface area contributed by atoms with Crippen LogP contribution in [0.2, 0.25) is 0 Å². The Hall–Kier alpha value is -10.4. The Labute approximate surface area is 493 Å². The van der Waals surface area contributed by atoms with Gasteiger partial charge in [-0.15, -0.1) is 0 Å². The number of hydrogen-bond donors (Lipinski definition) is 0. The van der Waals surface area contributed by atoms with Gasteiger partial charge in [0.05, 0.1) is 12.5 Å². The fourth-order valence-corrected chi connectivity index (χ4v) is 12.5. The summed E-state index contributed by atoms with van der Waals surface area (Å²) in [4.78, 5) is 66.1. The first kappa shape index (κ1) is 55.2. The van der Waals surface area contributed by atoms with Gasteiger partial charge in [-0.05, 0) is 128 Å². The van der Waals surface area contributed by atoms with Crippen LogP contribution in [0.1, 0.15) is 58.4 Å². The van der Waals surface area contributed by atoms with E-state index in [1.165, 1.54) is 13.8 Å². The first-order chi connectivity index (χ1) is 41.2. The Bertz CT molecular complexity index is 3950. The number of carbonyl (C=O) groups is 4. The van der Waals surface area contributed by atoms with Crippen LogP contribution in [0.5, 0.6) is 23.0 Å². The number of hydrogen-bond acceptors (Lipinski definition) is 11. The highest BCUT2D eigenvalue weighted by Crippen LogP contribution is 2.54. The lowest BCUT2D eigenvalue weighted by Crippen LogP contribution is -2.80. The molecule has 11 nitrogen and oxygen atoms in total. The third kappa shape index (κ3) is 8.60. The maximum absolute atomic E-state index is 16.7. The number of fused-ring (bicyclic) bond motifs is 12. The average molecular weight is 1120 g/mol. The van der Waals surface area contributed by atoms with Crippen molar-refractivity contribution in [2.24, 2.45) is 0 Å². The molecule has 4 unspecified atom stereocenters. The average Bonchev–Trinajstić information content (AvgIpc) is 1.49. The molecule has 0 heterocycles. The summed E-state index contributed by atoms with van der Waals surface area (Å²) >= 11 is 0. The second-order valence-corrected chi connectivity index (χ2v) is 21.4. The van der Waals surface area contributed by atoms with Crippen LogP contribution in [0.3, 0.4) is 0 Å². The minimum Gasteiger partial charge on any atom is -0.449 e. The fraction of sp³-hybridized carbons (Fsp3) is 0.135. The van der Waals surface area contributed by atoms with Crippen LogP contribution in [0.25, 0.3) is 44.5 Å². The third-order valence-electron chi connectivity index (χ3n) is 16.3. The predicted octanol–water partition coefficient (Wildman–Crippen LogP) is 14.5. The SMILES string of the molecule is C=COC(Oc1cccc2c1Cc1ccccc1-2)(C(=O)C(=C)C)C(Oc1cccc2c1Cc1ccccc1-2)(OC(Oc1cccc2c1Cc1ccccc1-2)(C(=O)C=C)C(OC=C)(Oc1cccc2c1Cc1ccccc1-2)C(=O)C(=C)C)C(=O)C=C. The summed E-state index contributed by atoms with van der Waals surface area (Å²) in [6.07, 6.45) is 4.53. The van der Waals surface area contributed by atoms with Crippen LogP contribution in [0.4, 0.5) is 0 Å². The van der Waals surface area contributed by atoms with E-state index in [-0.39, 0.29) is 47.0 Å². The largest absolute Gasteiger partial charge is 0.449 e. The molecule has 0 spiro atoms. The van der Waals surface area contributed by atoms with E-state index >= 15 is 19.2 Å². The van der Waals surface area contributed by atoms with Crippen molar-refractivity contribution in [3.63, 3.8) is 0 Å². The molecule has 0 fully saturated rings. The second-order valence-electron chi connectivity index (χ2n) is 21.4. The summed E-state index contributed by atoms with van der Waals surface area (Å²) in [6, 6.07) is 51.8. The molecule has 0 saturated carbocycles. The Balaban J connectivity index is 1.21. The standard InChI is InChI=1S/C74H58O11/c1-9-67(75)71(81-63-37-21-33-55-51-29-17-13-25-47(51)41-59(55)63,73(79-11-3,69(77)45(5)6)83-65-39-23-35-57-53-31-19-15-27-49(53)43-61(57)65)85-72(68(76)10-2,82-64-38-22-34-56-52-30-18-14-26-48(52)42-60(56)64)74(80-12-4,70(78)46(7)8)84-66-40-24-36-58-54-32-20-16-28-50(54)44-62(58)66/h9-40H,1-5,7,41-44H2,6,8H3. The second kappa shape index (κ2) is 21.4. The Kier molecular flexibility index (Phi) is 13.9. The summed E-state index contributed by atoms with van der Waals surface area (Å²) in [5, 5.41) is 0. The highest BCUT2D eigenvalue weighted by Gasteiger charge is 2.79. The highest BCUT2D eigenvalue weighted by molar-refractivity contribution is 6.11. The van der Waals surface area contributed by atoms with Gasteiger partial charge in [-0.25, -0.2) is 0 Å². The van der Waals surface area contributed by atoms with E-state index in [9.17, 15) is 0 Å². The molecule has 0 N–H and O–H groups in total. The number of rotatable bonds is 24. The van der Waals surface area contributed by atoms with Gasteiger partial charge in [-0.3, -0.25) is 23.9 Å². The first-order valence-electron chi connectivity index (χ1n) is 27.8. The van der Waals surface area contributed by atoms with Gasteiger partial charge in [-0.1, -0.05) is 185 Å². The maximum atomic E-state index is 16.7. The number of benzene rings is 8. The molecule has 0 amide bonds. The molecule has 0 radical (unpaired) electrons. The van der Waals surface area contributed by atoms with Crippen molar-refractivity contribution in [1.29, 1.82) is 0 Å². The van der Waals surface area contributed by atoms with Crippen LogP contribution in [0, 0.1) is 0 Å². The molecule has 4 atom stereocenters. The van der Waals surface area contributed by atoms with E-state index in [0.717, 1.165) is 80.3 Å². The van der Waals surface area contributed by atoms with Crippen LogP contribution in [0.15, 0.2) is 245 Å². The smallest absolute Gasteiger partial charge is 0.392 e. The van der Waals surface area contributed by atoms with Crippen LogP contribution in [-0.4, -0.2) is 46.3 Å². The molecule has 0 aromatic heterocycles. The van der Waals surface area contributed by atoms with Crippen LogP contribution < -0.4 is 18.9 Å². The molecule has 4 aliphatic carbocycles. The van der Waals surface area contributed by atoms with Crippen LogP contribution >= 0.6 is 0 Å². The minimum absolute atomic E-state index is 0.0202. The molecule has 0 saturated heterocycles. The molecule has 0 aliphatic heterocycles. The lowest BCUT2D eigenvalue weighted by molar-refractivity contribution is -0.399. The first-order valence-corrected chi connectivity index (χ1v) is 27.8. The van der Waals surface area contributed by atoms with E-state index in [4.69, 9.17) is 33.2 Å². The van der Waals surface area contributed by atoms with Crippen molar-refractivity contribution in [3.8, 4) is 67.5 Å². The van der Waals surface area contributed by atoms with E-state index in [1.54, 1.807) is 48.5 Å². The van der Waals surface area contributed by atoms with Gasteiger partial charge in [0.25, 0.3) is 0 Å². The Morgan fingerprint density at radius 1 is 0.353 bits per heavy atom. The van der Waals surface area contributed by atoms with Crippen molar-refractivity contribution in [1.82, 2.24) is 0 Å². The summed E-state index contributed by atoms with van der Waals surface area (Å²) in [5.74, 6) is -18.9. The molecule has 8 aromatic carbocycles. The van der Waals surface area contributed by atoms with Gasteiger partial charge in [0.2, 0.25) is 23.1 Å². The quantitative estimate of drug-likeness (QED) is 0.0325.